The fourth-order valence-electron chi connectivity index (χ4n) is 3.14. The number of ether oxygens (including phenoxy) is 2. The average Bonchev–Trinajstić information content (AvgIpc) is 3.15. The number of rotatable bonds is 3. The van der Waals surface area contributed by atoms with E-state index < -0.39 is 10.0 Å². The lowest BCUT2D eigenvalue weighted by Gasteiger charge is -2.16. The smallest absolute Gasteiger partial charge is 0.262 e. The van der Waals surface area contributed by atoms with Crippen LogP contribution in [-0.2, 0) is 22.9 Å². The molecule has 1 N–H and O–H groups in total. The van der Waals surface area contributed by atoms with Crippen molar-refractivity contribution >= 4 is 15.7 Å². The monoisotopic (exact) mass is 331 g/mol. The maximum atomic E-state index is 12.8. The molecule has 0 amide bonds. The van der Waals surface area contributed by atoms with E-state index in [0.29, 0.717) is 36.6 Å². The lowest BCUT2D eigenvalue weighted by atomic mass is 10.0. The number of hydrogen-bond donors (Lipinski definition) is 1. The minimum atomic E-state index is -3.67. The van der Waals surface area contributed by atoms with E-state index in [-0.39, 0.29) is 4.90 Å². The van der Waals surface area contributed by atoms with Gasteiger partial charge in [-0.25, -0.2) is 8.42 Å². The zero-order chi connectivity index (χ0) is 16.0. The maximum Gasteiger partial charge on any atom is 0.262 e. The number of anilines is 1. The molecule has 0 aromatic heterocycles. The van der Waals surface area contributed by atoms with Crippen LogP contribution in [0, 0.1) is 6.92 Å². The molecule has 120 valence electrons. The minimum Gasteiger partial charge on any atom is -0.493 e. The van der Waals surface area contributed by atoms with Gasteiger partial charge >= 0.3 is 0 Å². The molecule has 6 heteroatoms. The van der Waals surface area contributed by atoms with Crippen LogP contribution in [0.3, 0.4) is 0 Å². The Hall–Kier alpha value is -2.21. The number of fused-ring (bicyclic) bond motifs is 2. The molecule has 0 bridgehead atoms. The molecule has 0 radical (unpaired) electrons. The van der Waals surface area contributed by atoms with E-state index in [9.17, 15) is 8.42 Å². The Bertz CT molecular complexity index is 857. The van der Waals surface area contributed by atoms with Crippen molar-refractivity contribution in [2.45, 2.75) is 24.7 Å². The Morgan fingerprint density at radius 1 is 1.09 bits per heavy atom. The number of sulfonamides is 1. The predicted molar refractivity (Wildman–Crippen MR) is 86.8 cm³/mol. The molecule has 0 aliphatic carbocycles. The van der Waals surface area contributed by atoms with Crippen molar-refractivity contribution in [1.29, 1.82) is 0 Å². The molecule has 0 spiro atoms. The molecule has 5 nitrogen and oxygen atoms in total. The molecule has 2 heterocycles. The SMILES string of the molecule is Cc1ccccc1S(=O)(=O)Nc1c2c(cc3c1OCC3)OCC2. The summed E-state index contributed by atoms with van der Waals surface area (Å²) in [7, 11) is -3.67. The molecule has 2 aliphatic rings. The van der Waals surface area contributed by atoms with Crippen LogP contribution in [-0.4, -0.2) is 21.6 Å². The van der Waals surface area contributed by atoms with Crippen molar-refractivity contribution in [3.63, 3.8) is 0 Å². The second-order valence-electron chi connectivity index (χ2n) is 5.78. The average molecular weight is 331 g/mol. The quantitative estimate of drug-likeness (QED) is 0.939. The summed E-state index contributed by atoms with van der Waals surface area (Å²) in [5.41, 5.74) is 3.12. The molecule has 0 atom stereocenters. The van der Waals surface area contributed by atoms with Gasteiger partial charge in [-0.15, -0.1) is 0 Å². The van der Waals surface area contributed by atoms with Crippen LogP contribution in [0.4, 0.5) is 5.69 Å². The third kappa shape index (κ3) is 2.34. The molecule has 0 saturated carbocycles. The number of benzene rings is 2. The number of nitrogens with one attached hydrogen (secondary N) is 1. The first-order chi connectivity index (χ1) is 11.1. The summed E-state index contributed by atoms with van der Waals surface area (Å²) in [5.74, 6) is 1.41. The standard InChI is InChI=1S/C17H17NO4S/c1-11-4-2-3-5-15(11)23(19,20)18-16-13-7-9-21-14(13)10-12-6-8-22-17(12)16/h2-5,10,18H,6-9H2,1H3. The fraction of sp³-hybridized carbons (Fsp3) is 0.294. The van der Waals surface area contributed by atoms with Crippen LogP contribution in [0.2, 0.25) is 0 Å². The van der Waals surface area contributed by atoms with Gasteiger partial charge < -0.3 is 9.47 Å². The summed E-state index contributed by atoms with van der Waals surface area (Å²) in [6, 6.07) is 8.91. The summed E-state index contributed by atoms with van der Waals surface area (Å²) in [4.78, 5) is 0.281. The van der Waals surface area contributed by atoms with E-state index in [1.807, 2.05) is 12.1 Å². The second kappa shape index (κ2) is 5.16. The van der Waals surface area contributed by atoms with Crippen molar-refractivity contribution in [3.05, 3.63) is 47.0 Å². The predicted octanol–water partition coefficient (Wildman–Crippen LogP) is 2.67. The molecule has 23 heavy (non-hydrogen) atoms. The fourth-order valence-corrected chi connectivity index (χ4v) is 4.48. The molecular formula is C17H17NO4S. The van der Waals surface area contributed by atoms with Crippen LogP contribution in [0.25, 0.3) is 0 Å². The van der Waals surface area contributed by atoms with Gasteiger partial charge in [-0.1, -0.05) is 18.2 Å². The highest BCUT2D eigenvalue weighted by atomic mass is 32.2. The highest BCUT2D eigenvalue weighted by molar-refractivity contribution is 7.92. The molecule has 4 rings (SSSR count). The molecule has 2 aromatic rings. The second-order valence-corrected chi connectivity index (χ2v) is 7.44. The Balaban J connectivity index is 1.82. The van der Waals surface area contributed by atoms with E-state index in [2.05, 4.69) is 4.72 Å². The van der Waals surface area contributed by atoms with Crippen molar-refractivity contribution in [2.75, 3.05) is 17.9 Å². The highest BCUT2D eigenvalue weighted by Crippen LogP contribution is 2.45. The van der Waals surface area contributed by atoms with Crippen LogP contribution < -0.4 is 14.2 Å². The zero-order valence-corrected chi connectivity index (χ0v) is 13.6. The van der Waals surface area contributed by atoms with E-state index in [1.54, 1.807) is 25.1 Å². The Morgan fingerprint density at radius 3 is 2.70 bits per heavy atom. The van der Waals surface area contributed by atoms with Crippen LogP contribution >= 0.6 is 0 Å². The summed E-state index contributed by atoms with van der Waals surface area (Å²) in [6.07, 6.45) is 1.45. The van der Waals surface area contributed by atoms with Crippen molar-refractivity contribution < 1.29 is 17.9 Å². The van der Waals surface area contributed by atoms with Gasteiger partial charge in [-0.3, -0.25) is 4.72 Å². The number of aryl methyl sites for hydroxylation is 1. The van der Waals surface area contributed by atoms with Gasteiger partial charge in [0, 0.05) is 24.0 Å². The molecular weight excluding hydrogens is 314 g/mol. The highest BCUT2D eigenvalue weighted by Gasteiger charge is 2.29. The van der Waals surface area contributed by atoms with Gasteiger partial charge in [0.1, 0.15) is 11.5 Å². The van der Waals surface area contributed by atoms with E-state index in [1.165, 1.54) is 0 Å². The maximum absolute atomic E-state index is 12.8. The lowest BCUT2D eigenvalue weighted by Crippen LogP contribution is -2.16. The minimum absolute atomic E-state index is 0.281. The Morgan fingerprint density at radius 2 is 1.87 bits per heavy atom. The zero-order valence-electron chi connectivity index (χ0n) is 12.8. The van der Waals surface area contributed by atoms with Gasteiger partial charge in [-0.05, 0) is 24.6 Å². The van der Waals surface area contributed by atoms with Gasteiger partial charge in [-0.2, -0.15) is 0 Å². The molecule has 2 aromatic carbocycles. The number of hydrogen-bond acceptors (Lipinski definition) is 4. The van der Waals surface area contributed by atoms with Gasteiger partial charge in [0.15, 0.2) is 0 Å². The van der Waals surface area contributed by atoms with Crippen molar-refractivity contribution in [1.82, 2.24) is 0 Å². The van der Waals surface area contributed by atoms with Gasteiger partial charge in [0.25, 0.3) is 10.0 Å². The van der Waals surface area contributed by atoms with Crippen LogP contribution in [0.5, 0.6) is 11.5 Å². The molecule has 0 saturated heterocycles. The summed E-state index contributed by atoms with van der Waals surface area (Å²) < 4.78 is 39.7. The Labute approximate surface area is 135 Å². The summed E-state index contributed by atoms with van der Waals surface area (Å²) >= 11 is 0. The third-order valence-corrected chi connectivity index (χ3v) is 5.78. The first kappa shape index (κ1) is 14.4. The lowest BCUT2D eigenvalue weighted by molar-refractivity contribution is 0.356. The first-order valence-electron chi connectivity index (χ1n) is 7.59. The third-order valence-electron chi connectivity index (χ3n) is 4.27. The summed E-state index contributed by atoms with van der Waals surface area (Å²) in [5, 5.41) is 0. The largest absolute Gasteiger partial charge is 0.493 e. The van der Waals surface area contributed by atoms with Crippen LogP contribution in [0.1, 0.15) is 16.7 Å². The van der Waals surface area contributed by atoms with Crippen LogP contribution in [0.15, 0.2) is 35.2 Å². The molecule has 0 fully saturated rings. The topological polar surface area (TPSA) is 64.6 Å². The Kier molecular flexibility index (Phi) is 3.23. The van der Waals surface area contributed by atoms with Gasteiger partial charge in [0.05, 0.1) is 23.8 Å². The van der Waals surface area contributed by atoms with Crippen molar-refractivity contribution in [3.8, 4) is 11.5 Å². The van der Waals surface area contributed by atoms with E-state index in [0.717, 1.165) is 23.3 Å². The van der Waals surface area contributed by atoms with Crippen molar-refractivity contribution in [2.24, 2.45) is 0 Å². The van der Waals surface area contributed by atoms with Gasteiger partial charge in [0.2, 0.25) is 0 Å². The first-order valence-corrected chi connectivity index (χ1v) is 9.07. The summed E-state index contributed by atoms with van der Waals surface area (Å²) in [6.45, 7) is 2.92. The van der Waals surface area contributed by atoms with E-state index >= 15 is 0 Å². The normalized spacial score (nSPS) is 15.5. The molecule has 0 unspecified atom stereocenters. The molecule has 2 aliphatic heterocycles. The van der Waals surface area contributed by atoms with E-state index in [4.69, 9.17) is 9.47 Å².